The van der Waals surface area contributed by atoms with Crippen LogP contribution in [0.4, 0.5) is 0 Å². The van der Waals surface area contributed by atoms with E-state index < -0.39 is 32.4 Å². The van der Waals surface area contributed by atoms with E-state index in [0.717, 1.165) is 6.26 Å². The molecule has 0 unspecified atom stereocenters. The first-order chi connectivity index (χ1) is 10.9. The van der Waals surface area contributed by atoms with E-state index >= 15 is 0 Å². The van der Waals surface area contributed by atoms with E-state index in [1.165, 1.54) is 0 Å². The quantitative estimate of drug-likeness (QED) is 0.755. The minimum Gasteiger partial charge on any atom is -0.465 e. The second-order valence-corrected chi connectivity index (χ2v) is 7.71. The molecule has 23 heavy (non-hydrogen) atoms. The molecule has 2 aliphatic rings. The summed E-state index contributed by atoms with van der Waals surface area (Å²) in [6.07, 6.45) is 1.02. The van der Waals surface area contributed by atoms with Gasteiger partial charge in [-0.3, -0.25) is 4.79 Å². The minimum absolute atomic E-state index is 0.0760. The van der Waals surface area contributed by atoms with Crippen LogP contribution in [0.2, 0.25) is 0 Å². The number of hydrogen-bond donors (Lipinski definition) is 0. The van der Waals surface area contributed by atoms with Gasteiger partial charge in [-0.25, -0.2) is 8.42 Å². The smallest absolute Gasteiger partial charge is 0.328 e. The summed E-state index contributed by atoms with van der Waals surface area (Å²) in [7, 11) is -3.62. The summed E-state index contributed by atoms with van der Waals surface area (Å²) >= 11 is 0. The molecule has 0 amide bonds. The zero-order valence-corrected chi connectivity index (χ0v) is 13.4. The summed E-state index contributed by atoms with van der Waals surface area (Å²) in [6.45, 7) is 1.77. The Hall–Kier alpha value is -2.27. The van der Waals surface area contributed by atoms with Gasteiger partial charge in [0.05, 0.1) is 12.7 Å². The van der Waals surface area contributed by atoms with Crippen molar-refractivity contribution in [3.05, 3.63) is 23.8 Å². The SMILES string of the molecule is CCOC(=O)[C@@]1(C#N)[C@H](S(C)(=O)=O)[C@@H]1c1ccc2c(c1)OCO2. The second kappa shape index (κ2) is 5.13. The van der Waals surface area contributed by atoms with Crippen molar-refractivity contribution in [2.45, 2.75) is 18.1 Å². The molecule has 3 rings (SSSR count). The summed E-state index contributed by atoms with van der Waals surface area (Å²) < 4.78 is 39.6. The van der Waals surface area contributed by atoms with E-state index in [2.05, 4.69) is 0 Å². The third-order valence-electron chi connectivity index (χ3n) is 4.15. The molecule has 1 fully saturated rings. The maximum absolute atomic E-state index is 12.3. The van der Waals surface area contributed by atoms with Crippen LogP contribution in [0.1, 0.15) is 18.4 Å². The van der Waals surface area contributed by atoms with Gasteiger partial charge in [-0.05, 0) is 24.6 Å². The molecule has 0 spiro atoms. The van der Waals surface area contributed by atoms with Crippen molar-refractivity contribution < 1.29 is 27.4 Å². The van der Waals surface area contributed by atoms with Gasteiger partial charge in [-0.1, -0.05) is 6.07 Å². The fraction of sp³-hybridized carbons (Fsp3) is 0.467. The second-order valence-electron chi connectivity index (χ2n) is 5.54. The number of esters is 1. The van der Waals surface area contributed by atoms with Crippen molar-refractivity contribution in [2.75, 3.05) is 19.7 Å². The Bertz CT molecular complexity index is 812. The molecule has 3 atom stereocenters. The minimum atomic E-state index is -3.62. The lowest BCUT2D eigenvalue weighted by atomic mass is 10.0. The first kappa shape index (κ1) is 15.6. The van der Waals surface area contributed by atoms with Crippen LogP contribution in [0.15, 0.2) is 18.2 Å². The van der Waals surface area contributed by atoms with Gasteiger partial charge in [0.15, 0.2) is 26.8 Å². The lowest BCUT2D eigenvalue weighted by molar-refractivity contribution is -0.147. The molecule has 0 aromatic heterocycles. The summed E-state index contributed by atoms with van der Waals surface area (Å²) in [5.41, 5.74) is -1.17. The molecule has 1 heterocycles. The van der Waals surface area contributed by atoms with Crippen molar-refractivity contribution in [3.63, 3.8) is 0 Å². The molecule has 1 aromatic carbocycles. The van der Waals surface area contributed by atoms with Gasteiger partial charge in [0.1, 0.15) is 5.25 Å². The standard InChI is InChI=1S/C15H15NO6S/c1-3-20-14(17)15(7-16)12(13(15)23(2,18)19)9-4-5-10-11(6-9)22-8-21-10/h4-6,12-13H,3,8H2,1-2H3/t12-,13+,15+/m0/s1. The Kier molecular flexibility index (Phi) is 3.48. The molecular formula is C15H15NO6S. The number of ether oxygens (including phenoxy) is 3. The molecule has 1 aliphatic carbocycles. The fourth-order valence-electron chi connectivity index (χ4n) is 3.16. The summed E-state index contributed by atoms with van der Waals surface area (Å²) in [4.78, 5) is 12.3. The normalized spacial score (nSPS) is 28.0. The van der Waals surface area contributed by atoms with Crippen LogP contribution in [0.3, 0.4) is 0 Å². The Morgan fingerprint density at radius 2 is 2.13 bits per heavy atom. The molecule has 8 heteroatoms. The predicted molar refractivity (Wildman–Crippen MR) is 78.6 cm³/mol. The number of carbonyl (C=O) groups excluding carboxylic acids is 1. The number of sulfone groups is 1. The fourth-order valence-corrected chi connectivity index (χ4v) is 4.92. The lowest BCUT2D eigenvalue weighted by Gasteiger charge is -2.08. The Labute approximate surface area is 133 Å². The van der Waals surface area contributed by atoms with Crippen molar-refractivity contribution in [3.8, 4) is 17.6 Å². The number of fused-ring (bicyclic) bond motifs is 1. The van der Waals surface area contributed by atoms with Crippen LogP contribution in [0.5, 0.6) is 11.5 Å². The first-order valence-corrected chi connectivity index (χ1v) is 8.98. The van der Waals surface area contributed by atoms with E-state index in [9.17, 15) is 18.5 Å². The topological polar surface area (TPSA) is 103 Å². The molecule has 0 N–H and O–H groups in total. The molecular weight excluding hydrogens is 322 g/mol. The highest BCUT2D eigenvalue weighted by Gasteiger charge is 2.76. The Morgan fingerprint density at radius 3 is 2.74 bits per heavy atom. The number of rotatable bonds is 4. The van der Waals surface area contributed by atoms with Gasteiger partial charge >= 0.3 is 5.97 Å². The average molecular weight is 337 g/mol. The number of nitrogens with zero attached hydrogens (tertiary/aromatic N) is 1. The molecule has 1 saturated carbocycles. The third-order valence-corrected chi connectivity index (χ3v) is 5.71. The van der Waals surface area contributed by atoms with Crippen molar-refractivity contribution >= 4 is 15.8 Å². The molecule has 0 bridgehead atoms. The van der Waals surface area contributed by atoms with E-state index in [0.29, 0.717) is 17.1 Å². The van der Waals surface area contributed by atoms with Crippen LogP contribution in [0, 0.1) is 16.7 Å². The predicted octanol–water partition coefficient (Wildman–Crippen LogP) is 0.999. The highest BCUT2D eigenvalue weighted by molar-refractivity contribution is 7.91. The van der Waals surface area contributed by atoms with Crippen LogP contribution >= 0.6 is 0 Å². The van der Waals surface area contributed by atoms with Crippen LogP contribution in [0.25, 0.3) is 0 Å². The number of benzene rings is 1. The van der Waals surface area contributed by atoms with Gasteiger partial charge in [0.2, 0.25) is 6.79 Å². The highest BCUT2D eigenvalue weighted by atomic mass is 32.2. The Balaban J connectivity index is 2.06. The van der Waals surface area contributed by atoms with E-state index in [-0.39, 0.29) is 13.4 Å². The Morgan fingerprint density at radius 1 is 1.43 bits per heavy atom. The zero-order valence-electron chi connectivity index (χ0n) is 12.6. The lowest BCUT2D eigenvalue weighted by Crippen LogP contribution is -2.24. The largest absolute Gasteiger partial charge is 0.465 e. The monoisotopic (exact) mass is 337 g/mol. The summed E-state index contributed by atoms with van der Waals surface area (Å²) in [5, 5.41) is 8.42. The molecule has 122 valence electrons. The van der Waals surface area contributed by atoms with Crippen molar-refractivity contribution in [1.29, 1.82) is 5.26 Å². The van der Waals surface area contributed by atoms with Gasteiger partial charge in [0, 0.05) is 12.2 Å². The van der Waals surface area contributed by atoms with E-state index in [1.807, 2.05) is 6.07 Å². The number of nitriles is 1. The molecule has 1 aliphatic heterocycles. The van der Waals surface area contributed by atoms with Crippen molar-refractivity contribution in [1.82, 2.24) is 0 Å². The first-order valence-electron chi connectivity index (χ1n) is 7.03. The summed E-state index contributed by atoms with van der Waals surface area (Å²) in [6, 6.07) is 6.79. The van der Waals surface area contributed by atoms with E-state index in [1.54, 1.807) is 25.1 Å². The number of hydrogen-bond acceptors (Lipinski definition) is 7. The van der Waals surface area contributed by atoms with Crippen molar-refractivity contribution in [2.24, 2.45) is 5.41 Å². The summed E-state index contributed by atoms with van der Waals surface area (Å²) in [5.74, 6) is -0.571. The van der Waals surface area contributed by atoms with Gasteiger partial charge in [0.25, 0.3) is 0 Å². The van der Waals surface area contributed by atoms with Crippen LogP contribution in [-0.2, 0) is 19.4 Å². The average Bonchev–Trinajstić information content (AvgIpc) is 3.00. The third kappa shape index (κ3) is 2.23. The molecule has 7 nitrogen and oxygen atoms in total. The van der Waals surface area contributed by atoms with Crippen LogP contribution in [-0.4, -0.2) is 39.3 Å². The zero-order chi connectivity index (χ0) is 16.8. The highest BCUT2D eigenvalue weighted by Crippen LogP contribution is 2.63. The molecule has 1 aromatic rings. The maximum atomic E-state index is 12.3. The van der Waals surface area contributed by atoms with Gasteiger partial charge in [-0.15, -0.1) is 0 Å². The maximum Gasteiger partial charge on any atom is 0.328 e. The van der Waals surface area contributed by atoms with E-state index in [4.69, 9.17) is 14.2 Å². The van der Waals surface area contributed by atoms with Gasteiger partial charge in [-0.2, -0.15) is 5.26 Å². The molecule has 0 saturated heterocycles. The van der Waals surface area contributed by atoms with Crippen LogP contribution < -0.4 is 9.47 Å². The molecule has 0 radical (unpaired) electrons. The van der Waals surface area contributed by atoms with Gasteiger partial charge < -0.3 is 14.2 Å². The number of carbonyl (C=O) groups is 1.